The molecular formula is C33H31BrN2O5S. The number of hydrogen-bond donors (Lipinski definition) is 0. The molecule has 1 atom stereocenters. The first-order valence-electron chi connectivity index (χ1n) is 13.8. The number of ether oxygens (including phenoxy) is 3. The maximum absolute atomic E-state index is 14.2. The van der Waals surface area contributed by atoms with Crippen molar-refractivity contribution in [3.05, 3.63) is 125 Å². The first kappa shape index (κ1) is 29.5. The van der Waals surface area contributed by atoms with Crippen molar-refractivity contribution < 1.29 is 19.0 Å². The lowest BCUT2D eigenvalue weighted by atomic mass is 9.93. The molecule has 0 bridgehead atoms. The largest absolute Gasteiger partial charge is 0.496 e. The third-order valence-corrected chi connectivity index (χ3v) is 8.30. The Morgan fingerprint density at radius 2 is 1.81 bits per heavy atom. The number of rotatable bonds is 10. The number of nitrogens with zero attached hydrogens (tertiary/aromatic N) is 2. The molecule has 0 fully saturated rings. The van der Waals surface area contributed by atoms with E-state index in [1.54, 1.807) is 18.6 Å². The van der Waals surface area contributed by atoms with Gasteiger partial charge >= 0.3 is 5.97 Å². The van der Waals surface area contributed by atoms with Gasteiger partial charge in [-0.05, 0) is 49.2 Å². The molecule has 0 spiro atoms. The highest BCUT2D eigenvalue weighted by molar-refractivity contribution is 9.10. The minimum absolute atomic E-state index is 0.203. The van der Waals surface area contributed by atoms with Gasteiger partial charge in [0.2, 0.25) is 0 Å². The van der Waals surface area contributed by atoms with E-state index in [0.717, 1.165) is 22.0 Å². The zero-order chi connectivity index (χ0) is 29.6. The fourth-order valence-corrected chi connectivity index (χ4v) is 6.33. The molecule has 216 valence electrons. The Morgan fingerprint density at radius 1 is 1.05 bits per heavy atom. The van der Waals surface area contributed by atoms with Gasteiger partial charge < -0.3 is 14.2 Å². The number of benzene rings is 3. The highest BCUT2D eigenvalue weighted by Gasteiger charge is 2.36. The van der Waals surface area contributed by atoms with Gasteiger partial charge in [0.25, 0.3) is 5.56 Å². The van der Waals surface area contributed by atoms with E-state index in [2.05, 4.69) is 15.9 Å². The second-order valence-electron chi connectivity index (χ2n) is 9.61. The summed E-state index contributed by atoms with van der Waals surface area (Å²) in [5, 5.41) is 0. The number of halogens is 1. The van der Waals surface area contributed by atoms with Crippen molar-refractivity contribution in [3.8, 4) is 11.5 Å². The van der Waals surface area contributed by atoms with E-state index >= 15 is 0 Å². The Labute approximate surface area is 256 Å². The third kappa shape index (κ3) is 6.12. The van der Waals surface area contributed by atoms with Crippen molar-refractivity contribution in [2.75, 3.05) is 13.7 Å². The first-order valence-corrected chi connectivity index (χ1v) is 15.4. The maximum atomic E-state index is 14.2. The Kier molecular flexibility index (Phi) is 9.39. The number of methoxy groups -OCH3 is 1. The number of esters is 1. The smallest absolute Gasteiger partial charge is 0.338 e. The van der Waals surface area contributed by atoms with Crippen LogP contribution in [0.3, 0.4) is 0 Å². The Bertz CT molecular complexity index is 1810. The van der Waals surface area contributed by atoms with E-state index in [0.29, 0.717) is 50.7 Å². The summed E-state index contributed by atoms with van der Waals surface area (Å²) in [7, 11) is 1.57. The molecule has 42 heavy (non-hydrogen) atoms. The standard InChI is InChI=1S/C33H31BrN2O5S/c1-4-11-25-29(32(38)40-5-2)30(24-19-23(34)16-17-27(24)39-3)36-31(37)28(42-33(36)35-25)18-22-14-9-10-15-26(22)41-20-21-12-7-6-8-13-21/h6-10,12-19,30H,4-5,11,20H2,1-3H3/b28-18+/t30-/m0/s1. The first-order chi connectivity index (χ1) is 20.4. The Morgan fingerprint density at radius 3 is 2.55 bits per heavy atom. The summed E-state index contributed by atoms with van der Waals surface area (Å²) < 4.78 is 20.2. The fraction of sp³-hybridized carbons (Fsp3) is 0.242. The number of fused-ring (bicyclic) bond motifs is 1. The summed E-state index contributed by atoms with van der Waals surface area (Å²) in [6, 6.07) is 22.3. The van der Waals surface area contributed by atoms with E-state index in [1.807, 2.05) is 85.8 Å². The van der Waals surface area contributed by atoms with Crippen LogP contribution in [-0.2, 0) is 16.1 Å². The lowest BCUT2D eigenvalue weighted by molar-refractivity contribution is -0.139. The summed E-state index contributed by atoms with van der Waals surface area (Å²) in [5.41, 5.74) is 3.18. The van der Waals surface area contributed by atoms with Crippen molar-refractivity contribution in [3.63, 3.8) is 0 Å². The van der Waals surface area contributed by atoms with Gasteiger partial charge in [-0.1, -0.05) is 89.1 Å². The van der Waals surface area contributed by atoms with Gasteiger partial charge in [0.1, 0.15) is 24.1 Å². The number of carbonyl (C=O) groups excluding carboxylic acids is 1. The normalized spacial score (nSPS) is 14.8. The van der Waals surface area contributed by atoms with Crippen LogP contribution >= 0.6 is 27.3 Å². The van der Waals surface area contributed by atoms with Crippen molar-refractivity contribution in [1.29, 1.82) is 0 Å². The van der Waals surface area contributed by atoms with Gasteiger partial charge in [-0.15, -0.1) is 0 Å². The average molecular weight is 648 g/mol. The van der Waals surface area contributed by atoms with Crippen LogP contribution in [0, 0.1) is 0 Å². The predicted molar refractivity (Wildman–Crippen MR) is 168 cm³/mol. The van der Waals surface area contributed by atoms with Gasteiger partial charge in [0.15, 0.2) is 4.80 Å². The molecule has 1 aliphatic heterocycles. The molecule has 0 N–H and O–H groups in total. The fourth-order valence-electron chi connectivity index (χ4n) is 4.94. The molecule has 1 aliphatic rings. The Balaban J connectivity index is 1.69. The summed E-state index contributed by atoms with van der Waals surface area (Å²) in [4.78, 5) is 33.0. The van der Waals surface area contributed by atoms with Crippen LogP contribution < -0.4 is 24.4 Å². The molecular weight excluding hydrogens is 616 g/mol. The van der Waals surface area contributed by atoms with E-state index in [9.17, 15) is 9.59 Å². The second kappa shape index (κ2) is 13.4. The molecule has 0 amide bonds. The molecule has 2 heterocycles. The van der Waals surface area contributed by atoms with Crippen LogP contribution in [0.4, 0.5) is 0 Å². The zero-order valence-corrected chi connectivity index (χ0v) is 26.0. The summed E-state index contributed by atoms with van der Waals surface area (Å²) in [6.07, 6.45) is 3.15. The molecule has 0 aliphatic carbocycles. The number of para-hydroxylation sites is 1. The molecule has 0 radical (unpaired) electrons. The van der Waals surface area contributed by atoms with E-state index < -0.39 is 12.0 Å². The molecule has 1 aromatic heterocycles. The second-order valence-corrected chi connectivity index (χ2v) is 11.5. The predicted octanol–water partition coefficient (Wildman–Crippen LogP) is 5.93. The van der Waals surface area contributed by atoms with Gasteiger partial charge in [-0.25, -0.2) is 9.79 Å². The molecule has 9 heteroatoms. The van der Waals surface area contributed by atoms with Crippen LogP contribution in [0.15, 0.2) is 98.3 Å². The highest BCUT2D eigenvalue weighted by Crippen LogP contribution is 2.38. The van der Waals surface area contributed by atoms with Gasteiger partial charge in [-0.3, -0.25) is 9.36 Å². The third-order valence-electron chi connectivity index (χ3n) is 6.82. The SMILES string of the molecule is CCCC1=C(C(=O)OCC)[C@H](c2cc(Br)ccc2OC)n2c(s/c(=C/c3ccccc3OCc3ccccc3)c2=O)=N1. The molecule has 7 nitrogen and oxygen atoms in total. The summed E-state index contributed by atoms with van der Waals surface area (Å²) >= 11 is 4.84. The number of hydrogen-bond acceptors (Lipinski definition) is 7. The van der Waals surface area contributed by atoms with Crippen molar-refractivity contribution in [2.45, 2.75) is 39.3 Å². The van der Waals surface area contributed by atoms with Gasteiger partial charge in [0, 0.05) is 15.6 Å². The summed E-state index contributed by atoms with van der Waals surface area (Å²) in [6.45, 7) is 4.40. The minimum Gasteiger partial charge on any atom is -0.496 e. The minimum atomic E-state index is -0.777. The average Bonchev–Trinajstić information content (AvgIpc) is 3.30. The topological polar surface area (TPSA) is 79.1 Å². The van der Waals surface area contributed by atoms with Crippen molar-refractivity contribution in [2.24, 2.45) is 4.99 Å². The molecule has 0 unspecified atom stereocenters. The van der Waals surface area contributed by atoms with E-state index in [1.165, 1.54) is 11.3 Å². The van der Waals surface area contributed by atoms with Crippen molar-refractivity contribution >= 4 is 39.3 Å². The maximum Gasteiger partial charge on any atom is 0.338 e. The van der Waals surface area contributed by atoms with Crippen molar-refractivity contribution in [1.82, 2.24) is 4.57 Å². The number of allylic oxidation sites excluding steroid dienone is 1. The monoisotopic (exact) mass is 646 g/mol. The highest BCUT2D eigenvalue weighted by atomic mass is 79.9. The van der Waals surface area contributed by atoms with Crippen LogP contribution in [0.5, 0.6) is 11.5 Å². The van der Waals surface area contributed by atoms with E-state index in [4.69, 9.17) is 19.2 Å². The number of aromatic nitrogens is 1. The number of carbonyl (C=O) groups is 1. The summed E-state index contributed by atoms with van der Waals surface area (Å²) in [5.74, 6) is 0.721. The molecule has 4 aromatic rings. The van der Waals surface area contributed by atoms with Crippen LogP contribution in [0.1, 0.15) is 49.4 Å². The molecule has 5 rings (SSSR count). The number of thiazole rings is 1. The molecule has 0 saturated heterocycles. The quantitative estimate of drug-likeness (QED) is 0.200. The van der Waals surface area contributed by atoms with E-state index in [-0.39, 0.29) is 12.2 Å². The molecule has 3 aromatic carbocycles. The van der Waals surface area contributed by atoms with Gasteiger partial charge in [-0.2, -0.15) is 0 Å². The van der Waals surface area contributed by atoms with Crippen LogP contribution in [-0.4, -0.2) is 24.3 Å². The molecule has 0 saturated carbocycles. The Hall–Kier alpha value is -3.95. The van der Waals surface area contributed by atoms with Gasteiger partial charge in [0.05, 0.1) is 29.5 Å². The lowest BCUT2D eigenvalue weighted by Gasteiger charge is -2.27. The van der Waals surface area contributed by atoms with Crippen LogP contribution in [0.25, 0.3) is 6.08 Å². The lowest BCUT2D eigenvalue weighted by Crippen LogP contribution is -2.40. The zero-order valence-electron chi connectivity index (χ0n) is 23.6. The van der Waals surface area contributed by atoms with Crippen LogP contribution in [0.2, 0.25) is 0 Å².